The molecular formula is C17H17N7O3S. The van der Waals surface area contributed by atoms with Gasteiger partial charge in [0.1, 0.15) is 17.0 Å². The van der Waals surface area contributed by atoms with Crippen molar-refractivity contribution in [3.8, 4) is 0 Å². The summed E-state index contributed by atoms with van der Waals surface area (Å²) in [6.07, 6.45) is 1.46. The van der Waals surface area contributed by atoms with Gasteiger partial charge in [-0.3, -0.25) is 19.7 Å². The first-order valence-electron chi connectivity index (χ1n) is 8.31. The molecule has 10 nitrogen and oxygen atoms in total. The molecule has 0 aliphatic carbocycles. The maximum Gasteiger partial charge on any atom is 0.332 e. The smallest absolute Gasteiger partial charge is 0.332 e. The van der Waals surface area contributed by atoms with Crippen LogP contribution in [0.1, 0.15) is 12.5 Å². The van der Waals surface area contributed by atoms with Crippen LogP contribution in [0.2, 0.25) is 0 Å². The van der Waals surface area contributed by atoms with Crippen LogP contribution >= 0.6 is 12.8 Å². The van der Waals surface area contributed by atoms with Gasteiger partial charge < -0.3 is 5.32 Å². The number of nitrogens with zero attached hydrogens (tertiary/aromatic N) is 5. The van der Waals surface area contributed by atoms with Crippen LogP contribution in [0.3, 0.4) is 0 Å². The van der Waals surface area contributed by atoms with Gasteiger partial charge in [-0.05, 0) is 31.5 Å². The van der Waals surface area contributed by atoms with Crippen molar-refractivity contribution in [1.29, 1.82) is 0 Å². The monoisotopic (exact) mass is 399 g/mol. The topological polar surface area (TPSA) is 126 Å². The highest BCUT2D eigenvalue weighted by Gasteiger charge is 2.16. The van der Waals surface area contributed by atoms with E-state index < -0.39 is 11.0 Å². The number of aromatic nitrogens is 3. The Morgan fingerprint density at radius 2 is 2.00 bits per heavy atom. The minimum atomic E-state index is -0.466. The molecule has 0 aliphatic rings. The van der Waals surface area contributed by atoms with E-state index in [0.717, 1.165) is 0 Å². The first-order valence-corrected chi connectivity index (χ1v) is 8.71. The number of anilines is 3. The summed E-state index contributed by atoms with van der Waals surface area (Å²) < 4.78 is 1.20. The molecule has 0 saturated heterocycles. The van der Waals surface area contributed by atoms with Crippen molar-refractivity contribution in [2.75, 3.05) is 17.2 Å². The Labute approximate surface area is 165 Å². The molecule has 0 aliphatic heterocycles. The summed E-state index contributed by atoms with van der Waals surface area (Å²) in [5.74, 6) is 0.587. The van der Waals surface area contributed by atoms with Crippen LogP contribution in [0.4, 0.5) is 27.8 Å². The number of carbonyl (C=O) groups excluding carboxylic acids is 1. The number of rotatable bonds is 5. The number of fused-ring (bicyclic) bond motifs is 1. The van der Waals surface area contributed by atoms with Crippen molar-refractivity contribution < 1.29 is 9.72 Å². The normalized spacial score (nSPS) is 10.5. The van der Waals surface area contributed by atoms with Crippen molar-refractivity contribution in [2.24, 2.45) is 0 Å². The second-order valence-electron chi connectivity index (χ2n) is 5.79. The van der Waals surface area contributed by atoms with Gasteiger partial charge in [0.25, 0.3) is 5.69 Å². The van der Waals surface area contributed by atoms with Crippen LogP contribution in [-0.4, -0.2) is 36.8 Å². The van der Waals surface area contributed by atoms with Crippen LogP contribution in [0.25, 0.3) is 11.2 Å². The van der Waals surface area contributed by atoms with E-state index in [-0.39, 0.29) is 11.3 Å². The lowest BCUT2D eigenvalue weighted by Gasteiger charge is -2.13. The van der Waals surface area contributed by atoms with Crippen molar-refractivity contribution in [1.82, 2.24) is 19.3 Å². The van der Waals surface area contributed by atoms with Crippen molar-refractivity contribution >= 4 is 53.0 Å². The highest BCUT2D eigenvalue weighted by Crippen LogP contribution is 2.30. The Morgan fingerprint density at radius 3 is 2.71 bits per heavy atom. The zero-order valence-corrected chi connectivity index (χ0v) is 16.0. The molecule has 28 heavy (non-hydrogen) atoms. The predicted octanol–water partition coefficient (Wildman–Crippen LogP) is 3.68. The Hall–Kier alpha value is -3.47. The third kappa shape index (κ3) is 4.09. The van der Waals surface area contributed by atoms with Crippen LogP contribution < -0.4 is 10.6 Å². The number of amides is 2. The number of nitro benzene ring substituents is 1. The molecule has 0 saturated carbocycles. The molecule has 2 amide bonds. The van der Waals surface area contributed by atoms with E-state index in [1.54, 1.807) is 38.1 Å². The average molecular weight is 399 g/mol. The van der Waals surface area contributed by atoms with Gasteiger partial charge >= 0.3 is 6.03 Å². The third-order valence-corrected chi connectivity index (χ3v) is 4.34. The molecule has 0 unspecified atom stereocenters. The fourth-order valence-corrected chi connectivity index (χ4v) is 2.49. The number of carbonyl (C=O) groups is 1. The highest BCUT2D eigenvalue weighted by molar-refractivity contribution is 7.78. The fraction of sp³-hybridized carbons (Fsp3) is 0.176. The van der Waals surface area contributed by atoms with E-state index >= 15 is 0 Å². The van der Waals surface area contributed by atoms with E-state index in [1.165, 1.54) is 16.6 Å². The minimum absolute atomic E-state index is 0.0655. The molecule has 3 rings (SSSR count). The molecular weight excluding hydrogens is 382 g/mol. The molecule has 0 fully saturated rings. The van der Waals surface area contributed by atoms with Crippen LogP contribution in [0, 0.1) is 17.0 Å². The average Bonchev–Trinajstić information content (AvgIpc) is 2.68. The van der Waals surface area contributed by atoms with Gasteiger partial charge in [0, 0.05) is 12.6 Å². The molecule has 2 aromatic heterocycles. The third-order valence-electron chi connectivity index (χ3n) is 3.88. The number of urea groups is 1. The molecule has 1 aromatic carbocycles. The lowest BCUT2D eigenvalue weighted by molar-refractivity contribution is -0.384. The van der Waals surface area contributed by atoms with Crippen LogP contribution in [0.5, 0.6) is 0 Å². The molecule has 2 heterocycles. The summed E-state index contributed by atoms with van der Waals surface area (Å²) in [5.41, 5.74) is 1.75. The quantitative estimate of drug-likeness (QED) is 0.339. The van der Waals surface area contributed by atoms with Crippen molar-refractivity contribution in [3.63, 3.8) is 0 Å². The van der Waals surface area contributed by atoms with Crippen molar-refractivity contribution in [3.05, 3.63) is 52.2 Å². The molecule has 0 radical (unpaired) electrons. The number of pyridine rings is 1. The molecule has 144 valence electrons. The summed E-state index contributed by atoms with van der Waals surface area (Å²) >= 11 is 4.04. The highest BCUT2D eigenvalue weighted by atomic mass is 32.1. The van der Waals surface area contributed by atoms with E-state index in [2.05, 4.69) is 38.4 Å². The zero-order valence-electron chi connectivity index (χ0n) is 15.1. The summed E-state index contributed by atoms with van der Waals surface area (Å²) in [6.45, 7) is 3.97. The number of hydrogen-bond donors (Lipinski definition) is 3. The molecule has 11 heteroatoms. The van der Waals surface area contributed by atoms with Crippen LogP contribution in [0.15, 0.2) is 36.5 Å². The standard InChI is InChI=1S/C17H17N7O3S/c1-3-23(28)17(25)22-13-8-7-11-16(20-13)21-14(9-18-11)19-15-10(2)5-4-6-12(15)24(26)27/h4-9,28H,3H2,1-2H3,(H2,19,20,21,22,25). The first-order chi connectivity index (χ1) is 13.4. The van der Waals surface area contributed by atoms with E-state index in [4.69, 9.17) is 0 Å². The number of thiol groups is 1. The number of aryl methyl sites for hydroxylation is 1. The Bertz CT molecular complexity index is 1060. The summed E-state index contributed by atoms with van der Waals surface area (Å²) in [5, 5.41) is 16.8. The molecule has 2 N–H and O–H groups in total. The van der Waals surface area contributed by atoms with Gasteiger partial charge in [-0.15, -0.1) is 0 Å². The fourth-order valence-electron chi connectivity index (χ4n) is 2.44. The van der Waals surface area contributed by atoms with Gasteiger partial charge in [0.15, 0.2) is 11.5 Å². The van der Waals surface area contributed by atoms with E-state index in [1.807, 2.05) is 0 Å². The largest absolute Gasteiger partial charge is 0.333 e. The number of para-hydroxylation sites is 1. The summed E-state index contributed by atoms with van der Waals surface area (Å²) in [4.78, 5) is 35.6. The lowest BCUT2D eigenvalue weighted by Crippen LogP contribution is -2.27. The van der Waals surface area contributed by atoms with E-state index in [9.17, 15) is 14.9 Å². The van der Waals surface area contributed by atoms with Gasteiger partial charge in [-0.1, -0.05) is 24.9 Å². The number of nitro groups is 1. The summed E-state index contributed by atoms with van der Waals surface area (Å²) in [6, 6.07) is 7.63. The number of benzene rings is 1. The molecule has 3 aromatic rings. The Kier molecular flexibility index (Phi) is 5.54. The molecule has 0 bridgehead atoms. The van der Waals surface area contributed by atoms with Crippen LogP contribution in [-0.2, 0) is 0 Å². The van der Waals surface area contributed by atoms with Gasteiger partial charge in [0.2, 0.25) is 0 Å². The Morgan fingerprint density at radius 1 is 1.25 bits per heavy atom. The maximum absolute atomic E-state index is 11.9. The van der Waals surface area contributed by atoms with Crippen molar-refractivity contribution in [2.45, 2.75) is 13.8 Å². The maximum atomic E-state index is 11.9. The minimum Gasteiger partial charge on any atom is -0.333 e. The van der Waals surface area contributed by atoms with E-state index in [0.29, 0.717) is 34.9 Å². The first kappa shape index (κ1) is 19.3. The SMILES string of the molecule is CCN(S)C(=O)Nc1ccc2ncc(Nc3c(C)cccc3[N+](=O)[O-])nc2n1. The van der Waals surface area contributed by atoms with Gasteiger partial charge in [-0.2, -0.15) is 0 Å². The molecule has 0 spiro atoms. The number of hydrogen-bond acceptors (Lipinski definition) is 8. The van der Waals surface area contributed by atoms with Gasteiger partial charge in [-0.25, -0.2) is 19.7 Å². The Balaban J connectivity index is 1.92. The second kappa shape index (κ2) is 8.05. The lowest BCUT2D eigenvalue weighted by atomic mass is 10.1. The number of nitrogens with one attached hydrogen (secondary N) is 2. The predicted molar refractivity (Wildman–Crippen MR) is 109 cm³/mol. The second-order valence-corrected chi connectivity index (χ2v) is 6.27. The zero-order chi connectivity index (χ0) is 20.3. The molecule has 0 atom stereocenters. The summed E-state index contributed by atoms with van der Waals surface area (Å²) in [7, 11) is 0. The van der Waals surface area contributed by atoms with Gasteiger partial charge in [0.05, 0.1) is 11.1 Å².